The molecule has 0 aromatic heterocycles. The van der Waals surface area contributed by atoms with Crippen LogP contribution in [-0.4, -0.2) is 59.4 Å². The third-order valence-electron chi connectivity index (χ3n) is 2.45. The molecule has 1 heterocycles. The normalized spacial score (nSPS) is 25.6. The van der Waals surface area contributed by atoms with Gasteiger partial charge in [0, 0.05) is 26.6 Å². The number of hydrogen-bond acceptors (Lipinski definition) is 4. The second-order valence-electron chi connectivity index (χ2n) is 3.53. The van der Waals surface area contributed by atoms with Gasteiger partial charge >= 0.3 is 5.97 Å². The number of hydrogen-bond donors (Lipinski definition) is 2. The molecule has 1 rings (SSSR count). The summed E-state index contributed by atoms with van der Waals surface area (Å²) in [5.41, 5.74) is 0. The van der Waals surface area contributed by atoms with Crippen LogP contribution in [0.25, 0.3) is 0 Å². The predicted octanol–water partition coefficient (Wildman–Crippen LogP) is -0.931. The highest BCUT2D eigenvalue weighted by atomic mass is 16.5. The smallest absolute Gasteiger partial charge is 0.303 e. The number of ether oxygens (including phenoxy) is 1. The summed E-state index contributed by atoms with van der Waals surface area (Å²) in [6.07, 6.45) is -1.25. The van der Waals surface area contributed by atoms with E-state index >= 15 is 0 Å². The zero-order valence-electron chi connectivity index (χ0n) is 8.55. The number of carboxylic acids is 1. The Kier molecular flexibility index (Phi) is 4.05. The van der Waals surface area contributed by atoms with E-state index < -0.39 is 12.1 Å². The Morgan fingerprint density at radius 3 is 2.53 bits per heavy atom. The summed E-state index contributed by atoms with van der Waals surface area (Å²) in [4.78, 5) is 23.1. The van der Waals surface area contributed by atoms with E-state index in [1.54, 1.807) is 0 Å². The predicted molar refractivity (Wildman–Crippen MR) is 50.3 cm³/mol. The van der Waals surface area contributed by atoms with E-state index in [0.717, 1.165) is 0 Å². The minimum Gasteiger partial charge on any atom is -0.481 e. The number of likely N-dealkylation sites (tertiary alicyclic amines) is 1. The van der Waals surface area contributed by atoms with E-state index in [2.05, 4.69) is 0 Å². The summed E-state index contributed by atoms with van der Waals surface area (Å²) in [7, 11) is 1.47. The molecule has 0 spiro atoms. The topological polar surface area (TPSA) is 87.1 Å². The van der Waals surface area contributed by atoms with Crippen molar-refractivity contribution in [2.75, 3.05) is 20.2 Å². The number of carbonyl (C=O) groups excluding carboxylic acids is 1. The molecule has 0 aromatic rings. The number of rotatable bonds is 4. The zero-order chi connectivity index (χ0) is 11.4. The minimum atomic E-state index is -0.994. The summed E-state index contributed by atoms with van der Waals surface area (Å²) >= 11 is 0. The van der Waals surface area contributed by atoms with Gasteiger partial charge in [-0.25, -0.2) is 0 Å². The van der Waals surface area contributed by atoms with Crippen LogP contribution >= 0.6 is 0 Å². The van der Waals surface area contributed by atoms with E-state index in [-0.39, 0.29) is 31.4 Å². The van der Waals surface area contributed by atoms with Gasteiger partial charge in [-0.2, -0.15) is 0 Å². The van der Waals surface area contributed by atoms with Crippen LogP contribution in [0.3, 0.4) is 0 Å². The van der Waals surface area contributed by atoms with Crippen LogP contribution in [0.2, 0.25) is 0 Å². The number of methoxy groups -OCH3 is 1. The Balaban J connectivity index is 2.39. The molecular formula is C9H15NO5. The fourth-order valence-corrected chi connectivity index (χ4v) is 1.56. The fraction of sp³-hybridized carbons (Fsp3) is 0.778. The van der Waals surface area contributed by atoms with Gasteiger partial charge < -0.3 is 19.8 Å². The number of aliphatic hydroxyl groups excluding tert-OH is 1. The van der Waals surface area contributed by atoms with Crippen molar-refractivity contribution in [1.82, 2.24) is 4.90 Å². The Bertz CT molecular complexity index is 255. The monoisotopic (exact) mass is 217 g/mol. The molecule has 0 saturated carbocycles. The summed E-state index contributed by atoms with van der Waals surface area (Å²) in [6, 6.07) is 0. The number of aliphatic hydroxyl groups is 1. The summed E-state index contributed by atoms with van der Waals surface area (Å²) in [6.45, 7) is 0.549. The van der Waals surface area contributed by atoms with Crippen LogP contribution in [0.5, 0.6) is 0 Å². The third-order valence-corrected chi connectivity index (χ3v) is 2.45. The molecule has 0 unspecified atom stereocenters. The van der Waals surface area contributed by atoms with Gasteiger partial charge in [-0.15, -0.1) is 0 Å². The average molecular weight is 217 g/mol. The Morgan fingerprint density at radius 1 is 1.40 bits per heavy atom. The summed E-state index contributed by atoms with van der Waals surface area (Å²) in [5, 5.41) is 17.9. The van der Waals surface area contributed by atoms with Gasteiger partial charge in [0.15, 0.2) is 0 Å². The molecule has 15 heavy (non-hydrogen) atoms. The molecule has 6 heteroatoms. The number of carbonyl (C=O) groups is 2. The fourth-order valence-electron chi connectivity index (χ4n) is 1.56. The molecule has 1 fully saturated rings. The average Bonchev–Trinajstić information content (AvgIpc) is 2.56. The molecule has 0 aromatic carbocycles. The zero-order valence-corrected chi connectivity index (χ0v) is 8.55. The summed E-state index contributed by atoms with van der Waals surface area (Å²) < 4.78 is 4.97. The lowest BCUT2D eigenvalue weighted by atomic mass is 10.3. The highest BCUT2D eigenvalue weighted by Gasteiger charge is 2.33. The maximum absolute atomic E-state index is 11.5. The van der Waals surface area contributed by atoms with Crippen LogP contribution in [0, 0.1) is 0 Å². The third kappa shape index (κ3) is 3.17. The van der Waals surface area contributed by atoms with Gasteiger partial charge in [-0.3, -0.25) is 9.59 Å². The van der Waals surface area contributed by atoms with Crippen molar-refractivity contribution in [1.29, 1.82) is 0 Å². The minimum absolute atomic E-state index is 0.0293. The first kappa shape index (κ1) is 11.9. The van der Waals surface area contributed by atoms with Crippen LogP contribution in [0.1, 0.15) is 12.8 Å². The maximum Gasteiger partial charge on any atom is 0.303 e. The van der Waals surface area contributed by atoms with Crippen LogP contribution in [0.15, 0.2) is 0 Å². The first-order chi connectivity index (χ1) is 7.04. The molecule has 2 N–H and O–H groups in total. The van der Waals surface area contributed by atoms with E-state index in [0.29, 0.717) is 6.54 Å². The van der Waals surface area contributed by atoms with Crippen LogP contribution in [0.4, 0.5) is 0 Å². The Hall–Kier alpha value is -1.14. The van der Waals surface area contributed by atoms with E-state index in [1.807, 2.05) is 0 Å². The molecule has 0 bridgehead atoms. The molecule has 1 aliphatic heterocycles. The molecule has 0 radical (unpaired) electrons. The number of amides is 1. The Morgan fingerprint density at radius 2 is 2.07 bits per heavy atom. The van der Waals surface area contributed by atoms with E-state index in [9.17, 15) is 14.7 Å². The lowest BCUT2D eigenvalue weighted by Gasteiger charge is -2.14. The molecule has 1 saturated heterocycles. The van der Waals surface area contributed by atoms with Crippen LogP contribution < -0.4 is 0 Å². The first-order valence-electron chi connectivity index (χ1n) is 4.75. The van der Waals surface area contributed by atoms with Crippen molar-refractivity contribution in [3.63, 3.8) is 0 Å². The van der Waals surface area contributed by atoms with Gasteiger partial charge in [0.2, 0.25) is 5.91 Å². The quantitative estimate of drug-likeness (QED) is 0.635. The van der Waals surface area contributed by atoms with Crippen molar-refractivity contribution < 1.29 is 24.5 Å². The molecule has 6 nitrogen and oxygen atoms in total. The number of nitrogens with zero attached hydrogens (tertiary/aromatic N) is 1. The van der Waals surface area contributed by atoms with Gasteiger partial charge in [-0.1, -0.05) is 0 Å². The van der Waals surface area contributed by atoms with Crippen molar-refractivity contribution in [2.24, 2.45) is 0 Å². The van der Waals surface area contributed by atoms with Gasteiger partial charge in [0.05, 0.1) is 12.5 Å². The summed E-state index contributed by atoms with van der Waals surface area (Å²) in [5.74, 6) is -1.25. The number of β-amino-alcohol motifs (C(OH)–C–C–N with tert-alkyl or cyclic N) is 1. The van der Waals surface area contributed by atoms with Crippen molar-refractivity contribution in [2.45, 2.75) is 25.0 Å². The highest BCUT2D eigenvalue weighted by Crippen LogP contribution is 2.14. The molecule has 2 atom stereocenters. The second kappa shape index (κ2) is 5.09. The SMILES string of the molecule is CO[C@H]1CN(C(=O)CCC(=O)O)C[C@@H]1O. The van der Waals surface area contributed by atoms with Gasteiger partial charge in [0.1, 0.15) is 6.10 Å². The standard InChI is InChI=1S/C9H15NO5/c1-15-7-5-10(4-6(7)11)8(12)2-3-9(13)14/h6-7,11H,2-5H2,1H3,(H,13,14)/t6-,7-/m0/s1. The number of carboxylic acid groups (broad SMARTS) is 1. The maximum atomic E-state index is 11.5. The largest absolute Gasteiger partial charge is 0.481 e. The number of aliphatic carboxylic acids is 1. The molecule has 0 aliphatic carbocycles. The highest BCUT2D eigenvalue weighted by molar-refractivity contribution is 5.81. The molecule has 1 aliphatic rings. The van der Waals surface area contributed by atoms with Gasteiger partial charge in [0.25, 0.3) is 0 Å². The van der Waals surface area contributed by atoms with Crippen molar-refractivity contribution >= 4 is 11.9 Å². The van der Waals surface area contributed by atoms with Crippen molar-refractivity contribution in [3.8, 4) is 0 Å². The first-order valence-corrected chi connectivity index (χ1v) is 4.75. The lowest BCUT2D eigenvalue weighted by molar-refractivity contribution is -0.140. The van der Waals surface area contributed by atoms with Gasteiger partial charge in [-0.05, 0) is 0 Å². The lowest BCUT2D eigenvalue weighted by Crippen LogP contribution is -2.30. The Labute approximate surface area is 87.4 Å². The van der Waals surface area contributed by atoms with E-state index in [1.165, 1.54) is 12.0 Å². The second-order valence-corrected chi connectivity index (χ2v) is 3.53. The molecular weight excluding hydrogens is 202 g/mol. The molecule has 86 valence electrons. The van der Waals surface area contributed by atoms with Crippen molar-refractivity contribution in [3.05, 3.63) is 0 Å². The van der Waals surface area contributed by atoms with Crippen LogP contribution in [-0.2, 0) is 14.3 Å². The van der Waals surface area contributed by atoms with E-state index in [4.69, 9.17) is 9.84 Å². The molecule has 1 amide bonds.